The van der Waals surface area contributed by atoms with Gasteiger partial charge in [0.15, 0.2) is 6.10 Å². The van der Waals surface area contributed by atoms with E-state index in [0.29, 0.717) is 23.9 Å². The second-order valence-electron chi connectivity index (χ2n) is 19.9. The number of carbonyl (C=O) groups excluding carboxylic acids is 2. The summed E-state index contributed by atoms with van der Waals surface area (Å²) in [4.78, 5) is 37.9. The van der Waals surface area contributed by atoms with Gasteiger partial charge in [-0.15, -0.1) is 0 Å². The minimum atomic E-state index is -4.66. The summed E-state index contributed by atoms with van der Waals surface area (Å²) in [6.45, 7) is 3.94. The van der Waals surface area contributed by atoms with Crippen molar-refractivity contribution >= 4 is 19.8 Å². The zero-order chi connectivity index (χ0) is 55.6. The Bertz CT molecular complexity index is 1840. The molecule has 0 radical (unpaired) electrons. The van der Waals surface area contributed by atoms with Crippen LogP contribution in [-0.4, -0.2) is 70.0 Å². The molecule has 0 N–H and O–H groups in total. The lowest BCUT2D eigenvalue weighted by atomic mass is 10.1. The van der Waals surface area contributed by atoms with Gasteiger partial charge in [0.05, 0.1) is 27.7 Å². The maximum absolute atomic E-state index is 12.8. The van der Waals surface area contributed by atoms with Crippen molar-refractivity contribution in [2.45, 2.75) is 200 Å². The van der Waals surface area contributed by atoms with Gasteiger partial charge in [-0.25, -0.2) is 0 Å². The van der Waals surface area contributed by atoms with Crippen molar-refractivity contribution in [1.82, 2.24) is 0 Å². The molecule has 0 aromatic rings. The van der Waals surface area contributed by atoms with Crippen LogP contribution < -0.4 is 4.89 Å². The number of unbranched alkanes of at least 4 members (excludes halogenated alkanes) is 11. The quantitative estimate of drug-likeness (QED) is 0.0195. The normalized spacial score (nSPS) is 14.4. The number of quaternary nitrogens is 1. The SMILES string of the molecule is CC/C=C\C/C=C\C/C=C\C/C=C\C/C=C\C/C=C\C/C=C\CCCCCCCC(=O)OC(COC(=O)CCCCCCCC/C=C\C/C=C\C/C=C\C/C=C\C/C=C\C/C=C\CC)COP(=O)([O-])OCC[N+](C)(C)C. The van der Waals surface area contributed by atoms with Gasteiger partial charge < -0.3 is 27.9 Å². The molecule has 0 heterocycles. The molecule has 0 amide bonds. The Hall–Kier alpha value is -4.37. The lowest BCUT2D eigenvalue weighted by Crippen LogP contribution is -2.37. The van der Waals surface area contributed by atoms with Crippen molar-refractivity contribution in [3.63, 3.8) is 0 Å². The molecule has 0 fully saturated rings. The molecule has 0 aromatic carbocycles. The number of nitrogens with zero attached hydrogens (tertiary/aromatic N) is 1. The van der Waals surface area contributed by atoms with Crippen LogP contribution in [0.4, 0.5) is 0 Å². The Morgan fingerprint density at radius 3 is 1.05 bits per heavy atom. The van der Waals surface area contributed by atoms with Gasteiger partial charge in [0.1, 0.15) is 19.8 Å². The number of carbonyl (C=O) groups is 2. The van der Waals surface area contributed by atoms with Crippen molar-refractivity contribution in [1.29, 1.82) is 0 Å². The molecule has 2 unspecified atom stereocenters. The van der Waals surface area contributed by atoms with Crippen LogP contribution in [0.2, 0.25) is 0 Å². The molecule has 0 saturated heterocycles. The number of esters is 2. The maximum Gasteiger partial charge on any atom is 0.306 e. The number of hydrogen-bond acceptors (Lipinski definition) is 8. The Kier molecular flexibility index (Phi) is 52.2. The number of phosphoric acid groups is 1. The molecule has 0 bridgehead atoms. The van der Waals surface area contributed by atoms with E-state index in [0.717, 1.165) is 154 Å². The summed E-state index contributed by atoms with van der Waals surface area (Å²) >= 11 is 0. The fraction of sp³-hybridized carbons (Fsp3) is 0.576. The van der Waals surface area contributed by atoms with Crippen molar-refractivity contribution in [2.24, 2.45) is 0 Å². The highest BCUT2D eigenvalue weighted by molar-refractivity contribution is 7.45. The van der Waals surface area contributed by atoms with E-state index in [1.54, 1.807) is 0 Å². The summed E-state index contributed by atoms with van der Waals surface area (Å²) in [7, 11) is 1.11. The van der Waals surface area contributed by atoms with E-state index in [1.807, 2.05) is 21.1 Å². The van der Waals surface area contributed by atoms with Crippen LogP contribution in [0.1, 0.15) is 194 Å². The minimum Gasteiger partial charge on any atom is -0.756 e. The van der Waals surface area contributed by atoms with E-state index in [9.17, 15) is 19.0 Å². The summed E-state index contributed by atoms with van der Waals surface area (Å²) in [5, 5.41) is 0. The van der Waals surface area contributed by atoms with Gasteiger partial charge in [0, 0.05) is 12.8 Å². The third kappa shape index (κ3) is 58.9. The smallest absolute Gasteiger partial charge is 0.306 e. The second-order valence-corrected chi connectivity index (χ2v) is 21.3. The Morgan fingerprint density at radius 2 is 0.711 bits per heavy atom. The van der Waals surface area contributed by atoms with E-state index < -0.39 is 32.5 Å². The first kappa shape index (κ1) is 71.6. The number of rotatable bonds is 51. The molecule has 0 aliphatic heterocycles. The predicted molar refractivity (Wildman–Crippen MR) is 323 cm³/mol. The van der Waals surface area contributed by atoms with Gasteiger partial charge in [-0.3, -0.25) is 14.2 Å². The first-order chi connectivity index (χ1) is 37.0. The van der Waals surface area contributed by atoms with Gasteiger partial charge in [-0.1, -0.05) is 217 Å². The van der Waals surface area contributed by atoms with E-state index in [4.69, 9.17) is 18.5 Å². The molecule has 428 valence electrons. The molecule has 0 spiro atoms. The maximum atomic E-state index is 12.8. The number of allylic oxidation sites excluding steroid dienone is 26. The fourth-order valence-corrected chi connectivity index (χ4v) is 7.84. The molecule has 0 aliphatic carbocycles. The largest absolute Gasteiger partial charge is 0.756 e. The number of phosphoric ester groups is 1. The van der Waals surface area contributed by atoms with E-state index in [-0.39, 0.29) is 26.1 Å². The van der Waals surface area contributed by atoms with Crippen LogP contribution in [0.5, 0.6) is 0 Å². The fourth-order valence-electron chi connectivity index (χ4n) is 7.11. The second kappa shape index (κ2) is 55.4. The zero-order valence-corrected chi connectivity index (χ0v) is 49.3. The van der Waals surface area contributed by atoms with Crippen LogP contribution in [-0.2, 0) is 32.7 Å². The van der Waals surface area contributed by atoms with Crippen LogP contribution in [0.25, 0.3) is 0 Å². The highest BCUT2D eigenvalue weighted by Gasteiger charge is 2.21. The molecule has 0 rings (SSSR count). The molecular formula is C66H106NO8P. The molecule has 0 saturated carbocycles. The molecule has 0 aromatic heterocycles. The molecule has 0 aliphatic rings. The van der Waals surface area contributed by atoms with E-state index >= 15 is 0 Å². The van der Waals surface area contributed by atoms with E-state index in [2.05, 4.69) is 172 Å². The summed E-state index contributed by atoms with van der Waals surface area (Å²) < 4.78 is 34.1. The van der Waals surface area contributed by atoms with Crippen molar-refractivity contribution in [2.75, 3.05) is 47.5 Å². The minimum absolute atomic E-state index is 0.0478. The summed E-state index contributed by atoms with van der Waals surface area (Å²) in [6, 6.07) is 0. The standard InChI is InChI=1S/C66H106NO8P/c1-6-8-10-12-14-16-18-20-22-24-26-28-30-32-33-35-37-39-41-43-45-47-49-51-53-55-57-59-66(69)75-64(63-74-76(70,71)73-61-60-67(3,4)5)62-72-65(68)58-56-54-52-50-48-46-44-42-40-38-36-34-31-29-27-25-23-21-19-17-15-13-11-9-7-2/h8-11,14-17,20-23,26-29,32-34,36-37,39-40,42-43,45,64H,6-7,12-13,18-19,24-25,30-31,35,38,41,44,46-63H2,1-5H3/b10-8-,11-9-,16-14-,17-15-,22-20-,23-21-,28-26-,29-27-,33-32-,36-34-,39-37-,42-40-,45-43-. The number of hydrogen-bond donors (Lipinski definition) is 0. The topological polar surface area (TPSA) is 111 Å². The monoisotopic (exact) mass is 1070 g/mol. The first-order valence-electron chi connectivity index (χ1n) is 29.2. The van der Waals surface area contributed by atoms with Gasteiger partial charge >= 0.3 is 11.9 Å². The molecular weight excluding hydrogens is 966 g/mol. The highest BCUT2D eigenvalue weighted by atomic mass is 31.2. The Morgan fingerprint density at radius 1 is 0.408 bits per heavy atom. The van der Waals surface area contributed by atoms with E-state index in [1.165, 1.54) is 0 Å². The van der Waals surface area contributed by atoms with Crippen LogP contribution in [0, 0.1) is 0 Å². The highest BCUT2D eigenvalue weighted by Crippen LogP contribution is 2.38. The van der Waals surface area contributed by atoms with Crippen LogP contribution >= 0.6 is 7.82 Å². The lowest BCUT2D eigenvalue weighted by molar-refractivity contribution is -0.870. The first-order valence-corrected chi connectivity index (χ1v) is 30.7. The van der Waals surface area contributed by atoms with Gasteiger partial charge in [0.2, 0.25) is 0 Å². The molecule has 2 atom stereocenters. The van der Waals surface area contributed by atoms with Crippen molar-refractivity contribution in [3.8, 4) is 0 Å². The number of ether oxygens (including phenoxy) is 2. The van der Waals surface area contributed by atoms with Crippen LogP contribution in [0.15, 0.2) is 158 Å². The van der Waals surface area contributed by atoms with Gasteiger partial charge in [-0.05, 0) is 122 Å². The average Bonchev–Trinajstić information content (AvgIpc) is 3.38. The van der Waals surface area contributed by atoms with Crippen molar-refractivity contribution < 1.29 is 42.1 Å². The predicted octanol–water partition coefficient (Wildman–Crippen LogP) is 17.8. The zero-order valence-electron chi connectivity index (χ0n) is 48.4. The average molecular weight is 1070 g/mol. The summed E-state index contributed by atoms with van der Waals surface area (Å²) in [5.74, 6) is -0.888. The third-order valence-corrected chi connectivity index (χ3v) is 12.5. The van der Waals surface area contributed by atoms with Gasteiger partial charge in [0.25, 0.3) is 7.82 Å². The van der Waals surface area contributed by atoms with Crippen LogP contribution in [0.3, 0.4) is 0 Å². The van der Waals surface area contributed by atoms with Gasteiger partial charge in [-0.2, -0.15) is 0 Å². The lowest BCUT2D eigenvalue weighted by Gasteiger charge is -2.28. The Balaban J connectivity index is 4.32. The number of likely N-dealkylation sites (N-methyl/N-ethyl adjacent to an activating group) is 1. The molecule has 10 heteroatoms. The summed E-state index contributed by atoms with van der Waals surface area (Å²) in [6.07, 6.45) is 82.8. The Labute approximate surface area is 465 Å². The summed E-state index contributed by atoms with van der Waals surface area (Å²) in [5.41, 5.74) is 0. The van der Waals surface area contributed by atoms with Crippen molar-refractivity contribution in [3.05, 3.63) is 158 Å². The third-order valence-electron chi connectivity index (χ3n) is 11.5. The molecule has 9 nitrogen and oxygen atoms in total. The molecule has 76 heavy (non-hydrogen) atoms.